The quantitative estimate of drug-likeness (QED) is 0.821. The first-order valence-electron chi connectivity index (χ1n) is 6.29. The summed E-state index contributed by atoms with van der Waals surface area (Å²) in [7, 11) is -0.406. The maximum Gasteiger partial charge on any atom is 0.514 e. The van der Waals surface area contributed by atoms with Crippen molar-refractivity contribution < 1.29 is 9.31 Å². The van der Waals surface area contributed by atoms with E-state index >= 15 is 0 Å². The van der Waals surface area contributed by atoms with Crippen LogP contribution in [0.25, 0.3) is 10.9 Å². The Balaban J connectivity index is 2.03. The van der Waals surface area contributed by atoms with Crippen molar-refractivity contribution in [2.45, 2.75) is 38.9 Å². The first-order chi connectivity index (χ1) is 8.80. The lowest BCUT2D eigenvalue weighted by Crippen LogP contribution is -2.41. The second-order valence-electron chi connectivity index (χ2n) is 5.89. The summed E-state index contributed by atoms with van der Waals surface area (Å²) in [5.41, 5.74) is 1.09. The van der Waals surface area contributed by atoms with Crippen LogP contribution in [0.15, 0.2) is 22.7 Å². The van der Waals surface area contributed by atoms with E-state index in [-0.39, 0.29) is 11.2 Å². The zero-order chi connectivity index (χ0) is 13.8. The summed E-state index contributed by atoms with van der Waals surface area (Å²) in [5.74, 6) is 0. The molecule has 1 N–H and O–H groups in total. The van der Waals surface area contributed by atoms with Gasteiger partial charge in [-0.15, -0.1) is 0 Å². The molecule has 0 atom stereocenters. The first-order valence-corrected chi connectivity index (χ1v) is 7.09. The predicted octanol–water partition coefficient (Wildman–Crippen LogP) is 2.62. The number of fused-ring (bicyclic) bond motifs is 1. The van der Waals surface area contributed by atoms with Crippen LogP contribution in [-0.2, 0) is 9.31 Å². The van der Waals surface area contributed by atoms with Crippen LogP contribution in [0.3, 0.4) is 0 Å². The molecule has 0 aliphatic carbocycles. The number of aromatic amines is 1. The molecule has 2 heterocycles. The van der Waals surface area contributed by atoms with Crippen molar-refractivity contribution in [2.75, 3.05) is 0 Å². The second kappa shape index (κ2) is 4.07. The van der Waals surface area contributed by atoms with Crippen LogP contribution in [0.4, 0.5) is 0 Å². The van der Waals surface area contributed by atoms with Crippen LogP contribution in [-0.4, -0.2) is 28.5 Å². The third-order valence-corrected chi connectivity index (χ3v) is 4.53. The fraction of sp³-hybridized carbons (Fsp3) is 0.462. The molecule has 100 valence electrons. The van der Waals surface area contributed by atoms with Gasteiger partial charge in [-0.2, -0.15) is 5.10 Å². The Kier molecular flexibility index (Phi) is 2.82. The van der Waals surface area contributed by atoms with Crippen LogP contribution in [0.5, 0.6) is 0 Å². The molecule has 1 aromatic carbocycles. The molecule has 0 radical (unpaired) electrons. The van der Waals surface area contributed by atoms with Crippen molar-refractivity contribution in [2.24, 2.45) is 0 Å². The second-order valence-corrected chi connectivity index (χ2v) is 6.80. The molecule has 19 heavy (non-hydrogen) atoms. The third kappa shape index (κ3) is 2.02. The Morgan fingerprint density at radius 3 is 2.42 bits per heavy atom. The lowest BCUT2D eigenvalue weighted by Gasteiger charge is -2.32. The molecule has 4 nitrogen and oxygen atoms in total. The van der Waals surface area contributed by atoms with Crippen molar-refractivity contribution in [1.29, 1.82) is 0 Å². The number of nitrogens with zero attached hydrogens (tertiary/aromatic N) is 1. The monoisotopic (exact) mass is 322 g/mol. The molecular weight excluding hydrogens is 307 g/mol. The van der Waals surface area contributed by atoms with E-state index in [1.165, 1.54) is 0 Å². The standard InChI is InChI=1S/C13H16BBrN2O2/c1-12(2)13(3,4)19-14(18-12)11-9-6-5-8(15)7-10(9)16-17-11/h5-7H,1-4H3,(H,16,17). The highest BCUT2D eigenvalue weighted by Crippen LogP contribution is 2.36. The van der Waals surface area contributed by atoms with Crippen LogP contribution >= 0.6 is 15.9 Å². The van der Waals surface area contributed by atoms with E-state index in [2.05, 4.69) is 26.1 Å². The van der Waals surface area contributed by atoms with E-state index in [0.29, 0.717) is 0 Å². The number of nitrogens with one attached hydrogen (secondary N) is 1. The van der Waals surface area contributed by atoms with E-state index in [0.717, 1.165) is 21.0 Å². The first kappa shape index (κ1) is 13.2. The number of hydrogen-bond donors (Lipinski definition) is 1. The zero-order valence-corrected chi connectivity index (χ0v) is 13.0. The number of halogens is 1. The molecule has 1 aromatic heterocycles. The average Bonchev–Trinajstić information content (AvgIpc) is 2.77. The Labute approximate surface area is 121 Å². The third-order valence-electron chi connectivity index (χ3n) is 4.04. The highest BCUT2D eigenvalue weighted by atomic mass is 79.9. The molecule has 1 aliphatic heterocycles. The summed E-state index contributed by atoms with van der Waals surface area (Å²) in [4.78, 5) is 0. The SMILES string of the molecule is CC1(C)OB(c2[nH]nc3cc(Br)ccc23)OC1(C)C. The van der Waals surface area contributed by atoms with Crippen molar-refractivity contribution in [1.82, 2.24) is 10.2 Å². The summed E-state index contributed by atoms with van der Waals surface area (Å²) in [6.45, 7) is 8.18. The molecule has 0 unspecified atom stereocenters. The number of hydrogen-bond acceptors (Lipinski definition) is 3. The molecular formula is C13H16BBrN2O2. The van der Waals surface area contributed by atoms with Crippen LogP contribution < -0.4 is 5.59 Å². The molecule has 2 aromatic rings. The molecule has 0 amide bonds. The molecule has 1 saturated heterocycles. The van der Waals surface area contributed by atoms with Gasteiger partial charge >= 0.3 is 7.12 Å². The van der Waals surface area contributed by atoms with Gasteiger partial charge in [0.2, 0.25) is 0 Å². The minimum atomic E-state index is -0.406. The topological polar surface area (TPSA) is 47.1 Å². The van der Waals surface area contributed by atoms with Gasteiger partial charge in [-0.25, -0.2) is 0 Å². The van der Waals surface area contributed by atoms with Gasteiger partial charge in [-0.05, 0) is 39.8 Å². The van der Waals surface area contributed by atoms with Gasteiger partial charge in [0.05, 0.1) is 22.3 Å². The molecule has 3 rings (SSSR count). The van der Waals surface area contributed by atoms with Crippen molar-refractivity contribution in [3.63, 3.8) is 0 Å². The highest BCUT2D eigenvalue weighted by Gasteiger charge is 2.52. The summed E-state index contributed by atoms with van der Waals surface area (Å²) in [5, 5.41) is 8.37. The summed E-state index contributed by atoms with van der Waals surface area (Å²) in [6, 6.07) is 5.98. The van der Waals surface area contributed by atoms with E-state index in [1.807, 2.05) is 45.9 Å². The molecule has 0 spiro atoms. The van der Waals surface area contributed by atoms with E-state index < -0.39 is 7.12 Å². The number of rotatable bonds is 1. The normalized spacial score (nSPS) is 21.2. The smallest absolute Gasteiger partial charge is 0.398 e. The lowest BCUT2D eigenvalue weighted by atomic mass is 9.82. The number of benzene rings is 1. The van der Waals surface area contributed by atoms with Crippen LogP contribution in [0.1, 0.15) is 27.7 Å². The van der Waals surface area contributed by atoms with Crippen molar-refractivity contribution in [3.8, 4) is 0 Å². The van der Waals surface area contributed by atoms with Crippen LogP contribution in [0, 0.1) is 0 Å². The Bertz CT molecular complexity index is 623. The van der Waals surface area contributed by atoms with Gasteiger partial charge in [-0.1, -0.05) is 22.0 Å². The molecule has 0 bridgehead atoms. The van der Waals surface area contributed by atoms with Gasteiger partial charge in [0.15, 0.2) is 0 Å². The van der Waals surface area contributed by atoms with E-state index in [1.54, 1.807) is 0 Å². The fourth-order valence-corrected chi connectivity index (χ4v) is 2.50. The van der Waals surface area contributed by atoms with Gasteiger partial charge in [0, 0.05) is 9.86 Å². The van der Waals surface area contributed by atoms with Crippen LogP contribution in [0.2, 0.25) is 0 Å². The molecule has 6 heteroatoms. The average molecular weight is 323 g/mol. The molecule has 0 saturated carbocycles. The Morgan fingerprint density at radius 1 is 1.16 bits per heavy atom. The van der Waals surface area contributed by atoms with Crippen molar-refractivity contribution in [3.05, 3.63) is 22.7 Å². The van der Waals surface area contributed by atoms with E-state index in [4.69, 9.17) is 9.31 Å². The highest BCUT2D eigenvalue weighted by molar-refractivity contribution is 9.10. The summed E-state index contributed by atoms with van der Waals surface area (Å²) in [6.07, 6.45) is 0. The fourth-order valence-electron chi connectivity index (χ4n) is 2.15. The largest absolute Gasteiger partial charge is 0.514 e. The number of aromatic nitrogens is 2. The van der Waals surface area contributed by atoms with Crippen molar-refractivity contribution >= 4 is 39.5 Å². The molecule has 1 fully saturated rings. The van der Waals surface area contributed by atoms with Gasteiger partial charge in [-0.3, -0.25) is 5.10 Å². The van der Waals surface area contributed by atoms with Gasteiger partial charge in [0.25, 0.3) is 0 Å². The lowest BCUT2D eigenvalue weighted by molar-refractivity contribution is 0.00578. The maximum atomic E-state index is 6.04. The molecule has 1 aliphatic rings. The minimum Gasteiger partial charge on any atom is -0.398 e. The summed E-state index contributed by atoms with van der Waals surface area (Å²) >= 11 is 3.44. The van der Waals surface area contributed by atoms with Gasteiger partial charge < -0.3 is 9.31 Å². The Hall–Kier alpha value is -0.845. The predicted molar refractivity (Wildman–Crippen MR) is 79.5 cm³/mol. The maximum absolute atomic E-state index is 6.04. The zero-order valence-electron chi connectivity index (χ0n) is 11.5. The number of H-pyrrole nitrogens is 1. The Morgan fingerprint density at radius 2 is 1.79 bits per heavy atom. The summed E-state index contributed by atoms with van der Waals surface area (Å²) < 4.78 is 13.1. The van der Waals surface area contributed by atoms with E-state index in [9.17, 15) is 0 Å². The minimum absolute atomic E-state index is 0.343. The van der Waals surface area contributed by atoms with Gasteiger partial charge in [0.1, 0.15) is 0 Å².